The van der Waals surface area contributed by atoms with Gasteiger partial charge in [0.05, 0.1) is 46.2 Å². The van der Waals surface area contributed by atoms with Crippen LogP contribution in [0, 0.1) is 10.8 Å². The van der Waals surface area contributed by atoms with Crippen LogP contribution in [-0.2, 0) is 20.8 Å². The Morgan fingerprint density at radius 1 is 0.691 bits per heavy atom. The molecule has 0 amide bonds. The fourth-order valence-corrected chi connectivity index (χ4v) is 7.58. The number of quaternary nitrogens is 1. The second kappa shape index (κ2) is 24.3. The number of allylic oxidation sites excluding steroid dienone is 16. The number of hydrogen-bond donors (Lipinski definition) is 1. The lowest BCUT2D eigenvalue weighted by atomic mass is 9.72. The Bertz CT molecular complexity index is 1640. The van der Waals surface area contributed by atoms with Crippen LogP contribution in [0.4, 0.5) is 0 Å². The monoisotopic (exact) mass is 753 g/mol. The van der Waals surface area contributed by atoms with Crippen LogP contribution in [-0.4, -0.2) is 46.2 Å². The highest BCUT2D eigenvalue weighted by Gasteiger charge is 2.27. The standard InChI is InChI=1S/C50H75N2O3/c1-40(22-24-47-43(4)19-12-27-49(47,6)7)16-10-18-42(3)38-46-39-45(21-11-17-41(2)23-25-48-44(5)20-13-28-50(48,8)9)26-31-52(46)30-15-33-54-35-37-55-36-34-53-32-14-29-51/h10-11,16-18,21-26,31,38-39H,12-15,19-20,27-30,32-37,51H2,1-9H3/q+1/p+1/b18-10+,21-11+,24-22+,25-23+,40-16+,41-17+,42-38+. The van der Waals surface area contributed by atoms with E-state index in [2.05, 4.69) is 158 Å². The van der Waals surface area contributed by atoms with Gasteiger partial charge in [0.1, 0.15) is 0 Å². The number of aromatic nitrogens is 1. The SMILES string of the molecule is CC1=C(/C=C/C(C)=C/C=C/C(C)=C/c2cc(/C=C/C=C(C)/C=C/C3=C(C)CCCC3(C)C)cc[n+]2CCCOCCOCCOCCC[NH3+])C(C)(C)CCC1. The Kier molecular flexibility index (Phi) is 20.4. The summed E-state index contributed by atoms with van der Waals surface area (Å²) in [5, 5.41) is 0. The molecule has 0 aliphatic heterocycles. The minimum atomic E-state index is 0.253. The third-order valence-electron chi connectivity index (χ3n) is 10.9. The van der Waals surface area contributed by atoms with Crippen molar-refractivity contribution in [1.82, 2.24) is 0 Å². The average molecular weight is 753 g/mol. The average Bonchev–Trinajstić information content (AvgIpc) is 3.12. The van der Waals surface area contributed by atoms with Crippen LogP contribution in [0.5, 0.6) is 0 Å². The predicted octanol–water partition coefficient (Wildman–Crippen LogP) is 11.1. The van der Waals surface area contributed by atoms with Crippen molar-refractivity contribution in [2.75, 3.05) is 46.2 Å². The smallest absolute Gasteiger partial charge is 0.206 e. The number of rotatable bonds is 22. The molecule has 0 fully saturated rings. The molecule has 0 saturated heterocycles. The molecule has 0 saturated carbocycles. The van der Waals surface area contributed by atoms with Crippen LogP contribution in [0.25, 0.3) is 12.2 Å². The van der Waals surface area contributed by atoms with Crippen LogP contribution in [0.1, 0.15) is 125 Å². The Morgan fingerprint density at radius 2 is 1.22 bits per heavy atom. The maximum Gasteiger partial charge on any atom is 0.206 e. The lowest BCUT2D eigenvalue weighted by Crippen LogP contribution is -2.50. The molecule has 55 heavy (non-hydrogen) atoms. The fourth-order valence-electron chi connectivity index (χ4n) is 7.58. The molecule has 5 heteroatoms. The first-order chi connectivity index (χ1) is 26.3. The van der Waals surface area contributed by atoms with E-state index in [0.29, 0.717) is 33.0 Å². The minimum absolute atomic E-state index is 0.253. The van der Waals surface area contributed by atoms with E-state index in [9.17, 15) is 0 Å². The summed E-state index contributed by atoms with van der Waals surface area (Å²) >= 11 is 0. The largest absolute Gasteiger partial charge is 0.379 e. The highest BCUT2D eigenvalue weighted by Crippen LogP contribution is 2.41. The summed E-state index contributed by atoms with van der Waals surface area (Å²) in [5.74, 6) is 0. The quantitative estimate of drug-likeness (QED) is 0.0729. The van der Waals surface area contributed by atoms with Gasteiger partial charge in [-0.2, -0.15) is 4.57 Å². The molecule has 2 aliphatic rings. The highest BCUT2D eigenvalue weighted by molar-refractivity contribution is 5.57. The molecule has 3 rings (SSSR count). The van der Waals surface area contributed by atoms with E-state index in [1.54, 1.807) is 0 Å². The van der Waals surface area contributed by atoms with Crippen molar-refractivity contribution in [1.29, 1.82) is 0 Å². The van der Waals surface area contributed by atoms with Crippen molar-refractivity contribution in [3.8, 4) is 0 Å². The zero-order valence-corrected chi connectivity index (χ0v) is 36.3. The summed E-state index contributed by atoms with van der Waals surface area (Å²) in [4.78, 5) is 0. The first-order valence-corrected chi connectivity index (χ1v) is 21.0. The lowest BCUT2D eigenvalue weighted by Gasteiger charge is -2.33. The molecule has 0 radical (unpaired) electrons. The van der Waals surface area contributed by atoms with Gasteiger partial charge in [0.25, 0.3) is 0 Å². The maximum atomic E-state index is 5.89. The van der Waals surface area contributed by atoms with Crippen molar-refractivity contribution in [2.24, 2.45) is 10.8 Å². The highest BCUT2D eigenvalue weighted by atomic mass is 16.5. The van der Waals surface area contributed by atoms with E-state index < -0.39 is 0 Å². The molecular formula is C50H76N2O3+2. The number of hydrogen-bond acceptors (Lipinski definition) is 3. The van der Waals surface area contributed by atoms with Gasteiger partial charge in [-0.25, -0.2) is 0 Å². The van der Waals surface area contributed by atoms with Crippen molar-refractivity contribution in [2.45, 2.75) is 120 Å². The van der Waals surface area contributed by atoms with E-state index >= 15 is 0 Å². The Balaban J connectivity index is 1.68. The molecule has 0 unspecified atom stereocenters. The summed E-state index contributed by atoms with van der Waals surface area (Å²) in [7, 11) is 0. The van der Waals surface area contributed by atoms with Gasteiger partial charge in [-0.1, -0.05) is 111 Å². The molecule has 302 valence electrons. The van der Waals surface area contributed by atoms with Crippen molar-refractivity contribution >= 4 is 12.2 Å². The van der Waals surface area contributed by atoms with Crippen LogP contribution >= 0.6 is 0 Å². The first-order valence-electron chi connectivity index (χ1n) is 21.0. The van der Waals surface area contributed by atoms with Crippen molar-refractivity contribution in [3.63, 3.8) is 0 Å². The molecule has 1 aromatic heterocycles. The second-order valence-corrected chi connectivity index (χ2v) is 16.9. The van der Waals surface area contributed by atoms with Crippen molar-refractivity contribution in [3.05, 3.63) is 123 Å². The van der Waals surface area contributed by atoms with Crippen LogP contribution in [0.3, 0.4) is 0 Å². The van der Waals surface area contributed by atoms with Gasteiger partial charge in [-0.05, 0) is 106 Å². The van der Waals surface area contributed by atoms with E-state index in [-0.39, 0.29) is 10.8 Å². The molecule has 1 heterocycles. The summed E-state index contributed by atoms with van der Waals surface area (Å²) in [6, 6.07) is 4.49. The fraction of sp³-hybridized carbons (Fsp3) is 0.540. The van der Waals surface area contributed by atoms with Gasteiger partial charge in [0, 0.05) is 31.1 Å². The minimum Gasteiger partial charge on any atom is -0.379 e. The maximum absolute atomic E-state index is 5.89. The molecule has 0 bridgehead atoms. The number of nitrogens with zero attached hydrogens (tertiary/aromatic N) is 1. The van der Waals surface area contributed by atoms with E-state index in [0.717, 1.165) is 32.5 Å². The van der Waals surface area contributed by atoms with Crippen LogP contribution < -0.4 is 10.3 Å². The molecule has 5 nitrogen and oxygen atoms in total. The Morgan fingerprint density at radius 3 is 1.76 bits per heavy atom. The van der Waals surface area contributed by atoms with Gasteiger partial charge in [-0.3, -0.25) is 0 Å². The Hall–Kier alpha value is -3.35. The zero-order valence-electron chi connectivity index (χ0n) is 36.3. The Labute approximate surface area is 336 Å². The van der Waals surface area contributed by atoms with Crippen molar-refractivity contribution < 1.29 is 24.5 Å². The molecular weight excluding hydrogens is 677 g/mol. The molecule has 0 aromatic carbocycles. The van der Waals surface area contributed by atoms with Gasteiger partial charge >= 0.3 is 0 Å². The third kappa shape index (κ3) is 17.1. The van der Waals surface area contributed by atoms with E-state index in [1.807, 2.05) is 0 Å². The first kappa shape index (κ1) is 46.0. The second-order valence-electron chi connectivity index (χ2n) is 16.9. The predicted molar refractivity (Wildman–Crippen MR) is 234 cm³/mol. The van der Waals surface area contributed by atoms with E-state index in [1.165, 1.54) is 88.8 Å². The zero-order chi connectivity index (χ0) is 40.1. The topological polar surface area (TPSA) is 59.2 Å². The number of ether oxygens (including phenoxy) is 3. The molecule has 0 spiro atoms. The van der Waals surface area contributed by atoms with Gasteiger partial charge < -0.3 is 19.9 Å². The third-order valence-corrected chi connectivity index (χ3v) is 10.9. The summed E-state index contributed by atoms with van der Waals surface area (Å²) < 4.78 is 19.4. The van der Waals surface area contributed by atoms with Crippen LogP contribution in [0.2, 0.25) is 0 Å². The van der Waals surface area contributed by atoms with Crippen LogP contribution in [0.15, 0.2) is 112 Å². The molecule has 0 atom stereocenters. The summed E-state index contributed by atoms with van der Waals surface area (Å²) in [6.07, 6.45) is 36.4. The van der Waals surface area contributed by atoms with Gasteiger partial charge in [0.15, 0.2) is 12.7 Å². The lowest BCUT2D eigenvalue weighted by molar-refractivity contribution is -0.699. The summed E-state index contributed by atoms with van der Waals surface area (Å²) in [5.41, 5.74) is 16.5. The van der Waals surface area contributed by atoms with Gasteiger partial charge in [-0.15, -0.1) is 0 Å². The molecule has 3 N–H and O–H groups in total. The molecule has 2 aliphatic carbocycles. The number of aryl methyl sites for hydroxylation is 1. The normalized spacial score (nSPS) is 18.7. The molecule has 1 aromatic rings. The number of pyridine rings is 1. The van der Waals surface area contributed by atoms with E-state index in [4.69, 9.17) is 14.2 Å². The summed E-state index contributed by atoms with van der Waals surface area (Å²) in [6.45, 7) is 26.3. The van der Waals surface area contributed by atoms with Gasteiger partial charge in [0.2, 0.25) is 5.69 Å².